The van der Waals surface area contributed by atoms with Crippen molar-refractivity contribution in [1.82, 2.24) is 10.2 Å². The van der Waals surface area contributed by atoms with Crippen LogP contribution < -0.4 is 5.32 Å². The molecule has 0 aromatic heterocycles. The van der Waals surface area contributed by atoms with E-state index in [2.05, 4.69) is 5.32 Å². The minimum atomic E-state index is -4.02. The lowest BCUT2D eigenvalue weighted by Crippen LogP contribution is -2.35. The molecule has 2 heterocycles. The molecule has 2 aliphatic heterocycles. The van der Waals surface area contributed by atoms with Crippen LogP contribution in [0.15, 0.2) is 0 Å². The molecule has 0 spiro atoms. The quantitative estimate of drug-likeness (QED) is 0.761. The van der Waals surface area contributed by atoms with Crippen molar-refractivity contribution in [3.05, 3.63) is 0 Å². The molecule has 1 N–H and O–H groups in total. The topological polar surface area (TPSA) is 15.3 Å². The summed E-state index contributed by atoms with van der Waals surface area (Å²) in [5.41, 5.74) is 0. The highest BCUT2D eigenvalue weighted by Gasteiger charge is 2.42. The minimum absolute atomic E-state index is 0.164. The van der Waals surface area contributed by atoms with Crippen molar-refractivity contribution in [1.29, 1.82) is 0 Å². The molecule has 15 heavy (non-hydrogen) atoms. The molecule has 0 aliphatic carbocycles. The van der Waals surface area contributed by atoms with Crippen LogP contribution in [0.25, 0.3) is 0 Å². The highest BCUT2D eigenvalue weighted by molar-refractivity contribution is 4.96. The van der Waals surface area contributed by atoms with E-state index < -0.39 is 12.6 Å². The monoisotopic (exact) mass is 222 g/mol. The maximum atomic E-state index is 12.1. The fraction of sp³-hybridized carbons (Fsp3) is 1.00. The van der Waals surface area contributed by atoms with E-state index in [9.17, 15) is 13.2 Å². The molecule has 2 nitrogen and oxygen atoms in total. The molecule has 2 fully saturated rings. The zero-order valence-electron chi connectivity index (χ0n) is 8.85. The van der Waals surface area contributed by atoms with Gasteiger partial charge in [0.2, 0.25) is 0 Å². The SMILES string of the molecule is CC1C2CNCC2CN1CCC(F)(F)F. The first-order chi connectivity index (χ1) is 6.97. The van der Waals surface area contributed by atoms with Crippen LogP contribution in [0.5, 0.6) is 0 Å². The predicted molar refractivity (Wildman–Crippen MR) is 51.6 cm³/mol. The first kappa shape index (κ1) is 11.2. The average molecular weight is 222 g/mol. The van der Waals surface area contributed by atoms with E-state index >= 15 is 0 Å². The van der Waals surface area contributed by atoms with E-state index in [0.29, 0.717) is 17.9 Å². The Balaban J connectivity index is 1.85. The number of nitrogens with zero attached hydrogens (tertiary/aromatic N) is 1. The highest BCUT2D eigenvalue weighted by Crippen LogP contribution is 2.33. The fourth-order valence-corrected chi connectivity index (χ4v) is 2.82. The van der Waals surface area contributed by atoms with E-state index in [4.69, 9.17) is 0 Å². The predicted octanol–water partition coefficient (Wildman–Crippen LogP) is 1.48. The Hall–Kier alpha value is -0.290. The van der Waals surface area contributed by atoms with Crippen LogP contribution in [0.3, 0.4) is 0 Å². The van der Waals surface area contributed by atoms with E-state index in [1.807, 2.05) is 11.8 Å². The standard InChI is InChI=1S/C10H17F3N2/c1-7-9-5-14-4-8(9)6-15(7)3-2-10(11,12)13/h7-9,14H,2-6H2,1H3. The Morgan fingerprint density at radius 1 is 1.33 bits per heavy atom. The molecule has 0 aromatic carbocycles. The summed E-state index contributed by atoms with van der Waals surface area (Å²) < 4.78 is 36.3. The van der Waals surface area contributed by atoms with Crippen LogP contribution in [0.1, 0.15) is 13.3 Å². The van der Waals surface area contributed by atoms with Crippen molar-refractivity contribution >= 4 is 0 Å². The lowest BCUT2D eigenvalue weighted by molar-refractivity contribution is -0.138. The van der Waals surface area contributed by atoms with Crippen LogP contribution in [0.4, 0.5) is 13.2 Å². The zero-order valence-corrected chi connectivity index (χ0v) is 8.85. The molecule has 5 heteroatoms. The number of alkyl halides is 3. The second-order valence-corrected chi connectivity index (χ2v) is 4.68. The van der Waals surface area contributed by atoms with E-state index in [1.54, 1.807) is 0 Å². The summed E-state index contributed by atoms with van der Waals surface area (Å²) in [5.74, 6) is 1.12. The van der Waals surface area contributed by atoms with Crippen molar-refractivity contribution in [2.75, 3.05) is 26.2 Å². The Morgan fingerprint density at radius 3 is 2.67 bits per heavy atom. The third-order valence-electron chi connectivity index (χ3n) is 3.74. The van der Waals surface area contributed by atoms with Crippen LogP contribution in [0.2, 0.25) is 0 Å². The molecule has 2 saturated heterocycles. The summed E-state index contributed by atoms with van der Waals surface area (Å²) in [4.78, 5) is 1.99. The van der Waals surface area contributed by atoms with Gasteiger partial charge in [-0.15, -0.1) is 0 Å². The van der Waals surface area contributed by atoms with Crippen LogP contribution in [-0.2, 0) is 0 Å². The Kier molecular flexibility index (Phi) is 2.94. The number of likely N-dealkylation sites (tertiary alicyclic amines) is 1. The Labute approximate surface area is 87.8 Å². The van der Waals surface area contributed by atoms with Gasteiger partial charge in [0.1, 0.15) is 0 Å². The molecule has 2 rings (SSSR count). The maximum Gasteiger partial charge on any atom is 0.390 e. The van der Waals surface area contributed by atoms with Crippen molar-refractivity contribution in [2.45, 2.75) is 25.6 Å². The molecule has 0 bridgehead atoms. The molecule has 0 saturated carbocycles. The van der Waals surface area contributed by atoms with Crippen molar-refractivity contribution < 1.29 is 13.2 Å². The molecule has 0 amide bonds. The summed E-state index contributed by atoms with van der Waals surface area (Å²) in [6.07, 6.45) is -4.69. The van der Waals surface area contributed by atoms with Gasteiger partial charge in [-0.1, -0.05) is 0 Å². The molecule has 3 unspecified atom stereocenters. The molecule has 3 atom stereocenters. The van der Waals surface area contributed by atoms with E-state index in [1.165, 1.54) is 0 Å². The zero-order chi connectivity index (χ0) is 11.1. The summed E-state index contributed by atoms with van der Waals surface area (Å²) in [6, 6.07) is 0.298. The van der Waals surface area contributed by atoms with Gasteiger partial charge in [0.25, 0.3) is 0 Å². The lowest BCUT2D eigenvalue weighted by Gasteiger charge is -2.24. The molecular formula is C10H17F3N2. The Bertz CT molecular complexity index is 229. The number of halogens is 3. The van der Waals surface area contributed by atoms with E-state index in [0.717, 1.165) is 19.6 Å². The Morgan fingerprint density at radius 2 is 2.07 bits per heavy atom. The van der Waals surface area contributed by atoms with Crippen LogP contribution in [0, 0.1) is 11.8 Å². The number of nitrogens with one attached hydrogen (secondary N) is 1. The lowest BCUT2D eigenvalue weighted by atomic mass is 9.95. The fourth-order valence-electron chi connectivity index (χ4n) is 2.82. The number of fused-ring (bicyclic) bond motifs is 1. The van der Waals surface area contributed by atoms with Gasteiger partial charge in [0, 0.05) is 19.1 Å². The van der Waals surface area contributed by atoms with Gasteiger partial charge in [-0.05, 0) is 31.8 Å². The third-order valence-corrected chi connectivity index (χ3v) is 3.74. The number of hydrogen-bond acceptors (Lipinski definition) is 2. The summed E-state index contributed by atoms with van der Waals surface area (Å²) in [6.45, 7) is 4.98. The van der Waals surface area contributed by atoms with Crippen LogP contribution in [-0.4, -0.2) is 43.3 Å². The number of hydrogen-bond donors (Lipinski definition) is 1. The minimum Gasteiger partial charge on any atom is -0.316 e. The molecule has 0 aromatic rings. The average Bonchev–Trinajstić information content (AvgIpc) is 2.65. The summed E-state index contributed by atoms with van der Waals surface area (Å²) >= 11 is 0. The smallest absolute Gasteiger partial charge is 0.316 e. The van der Waals surface area contributed by atoms with Gasteiger partial charge < -0.3 is 5.32 Å². The highest BCUT2D eigenvalue weighted by atomic mass is 19.4. The van der Waals surface area contributed by atoms with Gasteiger partial charge in [0.15, 0.2) is 0 Å². The second kappa shape index (κ2) is 3.94. The summed E-state index contributed by atoms with van der Waals surface area (Å²) in [7, 11) is 0. The van der Waals surface area contributed by atoms with Gasteiger partial charge >= 0.3 is 6.18 Å². The van der Waals surface area contributed by atoms with Crippen LogP contribution >= 0.6 is 0 Å². The maximum absolute atomic E-state index is 12.1. The van der Waals surface area contributed by atoms with E-state index in [-0.39, 0.29) is 6.54 Å². The van der Waals surface area contributed by atoms with Crippen molar-refractivity contribution in [3.8, 4) is 0 Å². The largest absolute Gasteiger partial charge is 0.390 e. The first-order valence-corrected chi connectivity index (χ1v) is 5.49. The van der Waals surface area contributed by atoms with Crippen molar-refractivity contribution in [3.63, 3.8) is 0 Å². The van der Waals surface area contributed by atoms with Gasteiger partial charge in [-0.3, -0.25) is 4.90 Å². The second-order valence-electron chi connectivity index (χ2n) is 4.68. The molecule has 0 radical (unpaired) electrons. The number of rotatable bonds is 2. The van der Waals surface area contributed by atoms with Crippen molar-refractivity contribution in [2.24, 2.45) is 11.8 Å². The first-order valence-electron chi connectivity index (χ1n) is 5.49. The molecular weight excluding hydrogens is 205 g/mol. The van der Waals surface area contributed by atoms with Gasteiger partial charge in [0.05, 0.1) is 6.42 Å². The van der Waals surface area contributed by atoms with Gasteiger partial charge in [-0.2, -0.15) is 13.2 Å². The van der Waals surface area contributed by atoms with Gasteiger partial charge in [-0.25, -0.2) is 0 Å². The molecule has 88 valence electrons. The summed E-state index contributed by atoms with van der Waals surface area (Å²) in [5, 5.41) is 3.30. The molecule has 2 aliphatic rings. The normalized spacial score (nSPS) is 37.2. The third kappa shape index (κ3) is 2.45.